The number of primary amides is 1. The molecule has 0 radical (unpaired) electrons. The van der Waals surface area contributed by atoms with Crippen LogP contribution in [0.4, 0.5) is 0 Å². The van der Waals surface area contributed by atoms with Crippen molar-refractivity contribution in [2.45, 2.75) is 62.2 Å². The second kappa shape index (κ2) is 6.04. The number of likely N-dealkylation sites (tertiary alicyclic amines) is 1. The molecular weight excluding hydrogens is 352 g/mol. The smallest absolute Gasteiger partial charge is 0.248 e. The number of carbonyl (C=O) groups excluding carboxylic acids is 1. The van der Waals surface area contributed by atoms with E-state index in [0.29, 0.717) is 30.7 Å². The maximum absolute atomic E-state index is 11.9. The highest BCUT2D eigenvalue weighted by Crippen LogP contribution is 2.59. The third-order valence-corrected chi connectivity index (χ3v) is 8.27. The molecule has 0 aromatic heterocycles. The van der Waals surface area contributed by atoms with E-state index in [1.54, 1.807) is 0 Å². The number of amides is 1. The Kier molecular flexibility index (Phi) is 3.76. The number of hydrogen-bond acceptors (Lipinski definition) is 4. The summed E-state index contributed by atoms with van der Waals surface area (Å²) in [5, 5.41) is 0. The van der Waals surface area contributed by atoms with Crippen molar-refractivity contribution in [1.82, 2.24) is 4.90 Å². The molecule has 6 rings (SSSR count). The van der Waals surface area contributed by atoms with E-state index in [4.69, 9.17) is 15.2 Å². The molecule has 2 saturated heterocycles. The van der Waals surface area contributed by atoms with Gasteiger partial charge in [-0.1, -0.05) is 6.07 Å². The van der Waals surface area contributed by atoms with Crippen molar-refractivity contribution in [3.63, 3.8) is 0 Å². The predicted octanol–water partition coefficient (Wildman–Crippen LogP) is 2.61. The fourth-order valence-corrected chi connectivity index (χ4v) is 6.85. The predicted molar refractivity (Wildman–Crippen MR) is 105 cm³/mol. The van der Waals surface area contributed by atoms with E-state index in [1.165, 1.54) is 30.5 Å². The van der Waals surface area contributed by atoms with Crippen molar-refractivity contribution in [3.05, 3.63) is 34.9 Å². The number of fused-ring (bicyclic) bond motifs is 1. The number of hydrogen-bond donors (Lipinski definition) is 1. The lowest BCUT2D eigenvalue weighted by atomic mass is 9.51. The highest BCUT2D eigenvalue weighted by atomic mass is 16.7. The SMILES string of the molecule is NC(=O)c1ccc2c(c1)[C@]13CCN(CC4CC4)[C@H](C2)[C@@H]1CCC1(C3)OCCO1. The average Bonchev–Trinajstić information content (AvgIpc) is 3.41. The summed E-state index contributed by atoms with van der Waals surface area (Å²) < 4.78 is 12.4. The van der Waals surface area contributed by atoms with E-state index < -0.39 is 5.79 Å². The van der Waals surface area contributed by atoms with Crippen LogP contribution < -0.4 is 5.73 Å². The van der Waals surface area contributed by atoms with Crippen molar-refractivity contribution < 1.29 is 14.3 Å². The van der Waals surface area contributed by atoms with Crippen molar-refractivity contribution in [2.24, 2.45) is 17.6 Å². The van der Waals surface area contributed by atoms with Crippen LogP contribution in [-0.4, -0.2) is 48.9 Å². The Labute approximate surface area is 166 Å². The van der Waals surface area contributed by atoms with Crippen molar-refractivity contribution in [1.29, 1.82) is 0 Å². The molecule has 2 heterocycles. The lowest BCUT2D eigenvalue weighted by molar-refractivity contribution is -0.213. The molecule has 5 aliphatic rings. The van der Waals surface area contributed by atoms with Gasteiger partial charge < -0.3 is 15.2 Å². The number of rotatable bonds is 3. The Balaban J connectivity index is 1.45. The van der Waals surface area contributed by atoms with Crippen LogP contribution in [0.2, 0.25) is 0 Å². The highest BCUT2D eigenvalue weighted by molar-refractivity contribution is 5.93. The summed E-state index contributed by atoms with van der Waals surface area (Å²) in [5.41, 5.74) is 9.09. The zero-order chi connectivity index (χ0) is 18.9. The van der Waals surface area contributed by atoms with E-state index in [0.717, 1.165) is 44.6 Å². The molecule has 5 heteroatoms. The van der Waals surface area contributed by atoms with Crippen LogP contribution in [-0.2, 0) is 21.3 Å². The Morgan fingerprint density at radius 2 is 2.00 bits per heavy atom. The Morgan fingerprint density at radius 3 is 2.75 bits per heavy atom. The monoisotopic (exact) mass is 382 g/mol. The number of ether oxygens (including phenoxy) is 2. The summed E-state index contributed by atoms with van der Waals surface area (Å²) in [6.07, 6.45) is 8.11. The van der Waals surface area contributed by atoms with Gasteiger partial charge in [0.1, 0.15) is 0 Å². The van der Waals surface area contributed by atoms with Crippen LogP contribution in [0.3, 0.4) is 0 Å². The first-order valence-corrected chi connectivity index (χ1v) is 11.0. The van der Waals surface area contributed by atoms with Crippen LogP contribution in [0.5, 0.6) is 0 Å². The molecule has 1 spiro atoms. The van der Waals surface area contributed by atoms with Crippen LogP contribution >= 0.6 is 0 Å². The number of nitrogens with two attached hydrogens (primary N) is 1. The van der Waals surface area contributed by atoms with Gasteiger partial charge >= 0.3 is 0 Å². The summed E-state index contributed by atoms with van der Waals surface area (Å²) in [7, 11) is 0. The molecule has 5 nitrogen and oxygen atoms in total. The van der Waals surface area contributed by atoms with Crippen LogP contribution in [0.1, 0.15) is 60.0 Å². The molecule has 2 bridgehead atoms. The summed E-state index contributed by atoms with van der Waals surface area (Å²) in [4.78, 5) is 14.7. The van der Waals surface area contributed by atoms with Gasteiger partial charge in [0.2, 0.25) is 5.91 Å². The molecule has 1 aromatic rings. The molecule has 150 valence electrons. The Morgan fingerprint density at radius 1 is 1.18 bits per heavy atom. The van der Waals surface area contributed by atoms with E-state index in [2.05, 4.69) is 17.0 Å². The number of nitrogens with zero attached hydrogens (tertiary/aromatic N) is 1. The van der Waals surface area contributed by atoms with E-state index in [-0.39, 0.29) is 11.3 Å². The van der Waals surface area contributed by atoms with Gasteiger partial charge in [-0.15, -0.1) is 0 Å². The molecular formula is C23H30N2O3. The van der Waals surface area contributed by atoms with Gasteiger partial charge in [0, 0.05) is 36.4 Å². The van der Waals surface area contributed by atoms with Crippen molar-refractivity contribution in [2.75, 3.05) is 26.3 Å². The lowest BCUT2D eigenvalue weighted by Crippen LogP contribution is -2.64. The summed E-state index contributed by atoms with van der Waals surface area (Å²) >= 11 is 0. The maximum atomic E-state index is 11.9. The van der Waals surface area contributed by atoms with Gasteiger partial charge in [0.25, 0.3) is 0 Å². The molecule has 2 saturated carbocycles. The zero-order valence-electron chi connectivity index (χ0n) is 16.5. The van der Waals surface area contributed by atoms with E-state index >= 15 is 0 Å². The molecule has 1 aromatic carbocycles. The van der Waals surface area contributed by atoms with Gasteiger partial charge in [-0.2, -0.15) is 0 Å². The minimum atomic E-state index is -0.420. The third kappa shape index (κ3) is 2.52. The molecule has 2 N–H and O–H groups in total. The number of piperidine rings is 1. The van der Waals surface area contributed by atoms with Crippen LogP contribution in [0.25, 0.3) is 0 Å². The topological polar surface area (TPSA) is 64.8 Å². The minimum absolute atomic E-state index is 0.0480. The van der Waals surface area contributed by atoms with Crippen LogP contribution in [0.15, 0.2) is 18.2 Å². The Hall–Kier alpha value is -1.43. The maximum Gasteiger partial charge on any atom is 0.248 e. The summed E-state index contributed by atoms with van der Waals surface area (Å²) in [6.45, 7) is 3.82. The van der Waals surface area contributed by atoms with Crippen molar-refractivity contribution >= 4 is 5.91 Å². The molecule has 0 unspecified atom stereocenters. The fraction of sp³-hybridized carbons (Fsp3) is 0.696. The normalized spacial score (nSPS) is 36.1. The standard InChI is InChI=1S/C23H30N2O3/c24-21(26)17-4-3-16-12-20-18-5-6-23(27-9-10-28-23)14-22(18,19(16)11-17)7-8-25(20)13-15-1-2-15/h3-4,11,15,18,20H,1-2,5-10,12-14H2,(H2,24,26)/t18-,20+,22-/m0/s1. The number of benzene rings is 1. The van der Waals surface area contributed by atoms with E-state index in [9.17, 15) is 4.79 Å². The second-order valence-corrected chi connectivity index (χ2v) is 9.78. The molecule has 1 amide bonds. The first-order valence-electron chi connectivity index (χ1n) is 11.0. The minimum Gasteiger partial charge on any atom is -0.366 e. The first-order chi connectivity index (χ1) is 13.6. The van der Waals surface area contributed by atoms with Gasteiger partial charge in [0.05, 0.1) is 13.2 Å². The molecule has 3 atom stereocenters. The van der Waals surface area contributed by atoms with Crippen LogP contribution in [0, 0.1) is 11.8 Å². The molecule has 2 aliphatic heterocycles. The van der Waals surface area contributed by atoms with Gasteiger partial charge in [-0.05, 0) is 73.7 Å². The van der Waals surface area contributed by atoms with Gasteiger partial charge in [0.15, 0.2) is 5.79 Å². The number of carbonyl (C=O) groups is 1. The summed E-state index contributed by atoms with van der Waals surface area (Å²) in [5.74, 6) is 0.788. The van der Waals surface area contributed by atoms with E-state index in [1.807, 2.05) is 6.07 Å². The highest BCUT2D eigenvalue weighted by Gasteiger charge is 2.60. The first kappa shape index (κ1) is 17.4. The molecule has 4 fully saturated rings. The molecule has 28 heavy (non-hydrogen) atoms. The summed E-state index contributed by atoms with van der Waals surface area (Å²) in [6, 6.07) is 6.80. The zero-order valence-corrected chi connectivity index (χ0v) is 16.5. The average molecular weight is 383 g/mol. The van der Waals surface area contributed by atoms with Gasteiger partial charge in [-0.3, -0.25) is 9.69 Å². The van der Waals surface area contributed by atoms with Crippen molar-refractivity contribution in [3.8, 4) is 0 Å². The Bertz CT molecular complexity index is 814. The molecule has 3 aliphatic carbocycles. The second-order valence-electron chi connectivity index (χ2n) is 9.78. The largest absolute Gasteiger partial charge is 0.366 e. The lowest BCUT2D eigenvalue weighted by Gasteiger charge is -2.61. The van der Waals surface area contributed by atoms with Gasteiger partial charge in [-0.25, -0.2) is 0 Å². The fourth-order valence-electron chi connectivity index (χ4n) is 6.85. The third-order valence-electron chi connectivity index (χ3n) is 8.27. The quantitative estimate of drug-likeness (QED) is 0.873.